The molecular formula is C13H21N3O4S. The summed E-state index contributed by atoms with van der Waals surface area (Å²) >= 11 is 0. The Morgan fingerprint density at radius 1 is 1.52 bits per heavy atom. The molecule has 0 spiro atoms. The standard InChI is InChI=1S/C13H21N3O4S/c1-3-8-15(4-2)21(18,19)16-9-11(10-17)20-12-6-5-7-14-13(12)16/h5-7,11,17H,3-4,8-10H2,1-2H3/t11-/m1/s1. The lowest BCUT2D eigenvalue weighted by Crippen LogP contribution is -2.51. The Balaban J connectivity index is 2.42. The van der Waals surface area contributed by atoms with Crippen LogP contribution in [-0.4, -0.2) is 55.2 Å². The van der Waals surface area contributed by atoms with Gasteiger partial charge in [-0.2, -0.15) is 12.7 Å². The number of pyridine rings is 1. The van der Waals surface area contributed by atoms with Crippen LogP contribution in [0.3, 0.4) is 0 Å². The predicted octanol–water partition coefficient (Wildman–Crippen LogP) is 0.618. The molecule has 8 heteroatoms. The van der Waals surface area contributed by atoms with E-state index in [2.05, 4.69) is 4.98 Å². The van der Waals surface area contributed by atoms with E-state index in [9.17, 15) is 13.5 Å². The van der Waals surface area contributed by atoms with Gasteiger partial charge in [-0.25, -0.2) is 9.29 Å². The minimum absolute atomic E-state index is 0.0586. The van der Waals surface area contributed by atoms with Gasteiger partial charge in [-0.1, -0.05) is 13.8 Å². The number of fused-ring (bicyclic) bond motifs is 1. The average molecular weight is 315 g/mol. The highest BCUT2D eigenvalue weighted by molar-refractivity contribution is 7.90. The van der Waals surface area contributed by atoms with E-state index in [1.54, 1.807) is 19.1 Å². The summed E-state index contributed by atoms with van der Waals surface area (Å²) in [7, 11) is -3.68. The summed E-state index contributed by atoms with van der Waals surface area (Å²) in [4.78, 5) is 4.13. The van der Waals surface area contributed by atoms with Gasteiger partial charge in [0.15, 0.2) is 11.6 Å². The fraction of sp³-hybridized carbons (Fsp3) is 0.615. The summed E-state index contributed by atoms with van der Waals surface area (Å²) in [5.74, 6) is 0.649. The molecule has 2 heterocycles. The van der Waals surface area contributed by atoms with Crippen LogP contribution < -0.4 is 9.04 Å². The van der Waals surface area contributed by atoms with Crippen molar-refractivity contribution in [1.29, 1.82) is 0 Å². The molecule has 1 aliphatic heterocycles. The highest BCUT2D eigenvalue weighted by atomic mass is 32.2. The summed E-state index contributed by atoms with van der Waals surface area (Å²) < 4.78 is 33.8. The number of aromatic nitrogens is 1. The van der Waals surface area contributed by atoms with E-state index in [-0.39, 0.29) is 19.0 Å². The molecule has 1 aromatic heterocycles. The van der Waals surface area contributed by atoms with Crippen LogP contribution in [0.1, 0.15) is 20.3 Å². The van der Waals surface area contributed by atoms with E-state index >= 15 is 0 Å². The van der Waals surface area contributed by atoms with Gasteiger partial charge < -0.3 is 9.84 Å². The normalized spacial score (nSPS) is 18.5. The summed E-state index contributed by atoms with van der Waals surface area (Å²) in [5.41, 5.74) is 0. The van der Waals surface area contributed by atoms with Crippen LogP contribution in [0.25, 0.3) is 0 Å². The fourth-order valence-electron chi connectivity index (χ4n) is 2.27. The van der Waals surface area contributed by atoms with Crippen molar-refractivity contribution in [2.45, 2.75) is 26.4 Å². The third-order valence-corrected chi connectivity index (χ3v) is 5.26. The Bertz CT molecular complexity index is 579. The first-order valence-corrected chi connectivity index (χ1v) is 8.44. The first-order chi connectivity index (χ1) is 10.0. The number of aliphatic hydroxyl groups excluding tert-OH is 1. The van der Waals surface area contributed by atoms with Crippen LogP contribution in [0.4, 0.5) is 5.82 Å². The molecule has 0 aliphatic carbocycles. The summed E-state index contributed by atoms with van der Waals surface area (Å²) in [6.45, 7) is 4.38. The maximum Gasteiger partial charge on any atom is 0.305 e. The molecule has 0 aromatic carbocycles. The lowest BCUT2D eigenvalue weighted by Gasteiger charge is -2.36. The zero-order valence-corrected chi connectivity index (χ0v) is 13.1. The number of ether oxygens (including phenoxy) is 1. The number of aliphatic hydroxyl groups is 1. The van der Waals surface area contributed by atoms with Crippen molar-refractivity contribution in [2.24, 2.45) is 0 Å². The van der Waals surface area contributed by atoms with Gasteiger partial charge in [0.2, 0.25) is 0 Å². The van der Waals surface area contributed by atoms with Gasteiger partial charge in [-0.05, 0) is 18.6 Å². The Hall–Kier alpha value is -1.38. The molecule has 7 nitrogen and oxygen atoms in total. The number of anilines is 1. The second kappa shape index (κ2) is 6.59. The molecule has 0 saturated heterocycles. The molecule has 0 bridgehead atoms. The van der Waals surface area contributed by atoms with Gasteiger partial charge in [0.05, 0.1) is 13.2 Å². The van der Waals surface area contributed by atoms with Gasteiger partial charge in [-0.15, -0.1) is 0 Å². The maximum absolute atomic E-state index is 12.8. The van der Waals surface area contributed by atoms with Gasteiger partial charge in [-0.3, -0.25) is 0 Å². The van der Waals surface area contributed by atoms with Crippen molar-refractivity contribution >= 4 is 16.0 Å². The van der Waals surface area contributed by atoms with Crippen molar-refractivity contribution in [3.05, 3.63) is 18.3 Å². The zero-order chi connectivity index (χ0) is 15.5. The number of nitrogens with zero attached hydrogens (tertiary/aromatic N) is 3. The molecule has 0 saturated carbocycles. The fourth-order valence-corrected chi connectivity index (χ4v) is 4.00. The lowest BCUT2D eigenvalue weighted by atomic mass is 10.3. The Morgan fingerprint density at radius 2 is 2.29 bits per heavy atom. The molecule has 21 heavy (non-hydrogen) atoms. The molecule has 0 amide bonds. The highest BCUT2D eigenvalue weighted by Crippen LogP contribution is 2.33. The third kappa shape index (κ3) is 3.12. The summed E-state index contributed by atoms with van der Waals surface area (Å²) in [6.07, 6.45) is 1.67. The monoisotopic (exact) mass is 315 g/mol. The van der Waals surface area contributed by atoms with E-state index in [1.807, 2.05) is 6.92 Å². The Morgan fingerprint density at radius 3 is 2.90 bits per heavy atom. The van der Waals surface area contributed by atoms with Gasteiger partial charge in [0.25, 0.3) is 0 Å². The lowest BCUT2D eigenvalue weighted by molar-refractivity contribution is 0.115. The quantitative estimate of drug-likeness (QED) is 0.832. The highest BCUT2D eigenvalue weighted by Gasteiger charge is 2.37. The third-order valence-electron chi connectivity index (χ3n) is 3.28. The van der Waals surface area contributed by atoms with E-state index < -0.39 is 16.3 Å². The molecule has 0 unspecified atom stereocenters. The van der Waals surface area contributed by atoms with Crippen LogP contribution in [0.2, 0.25) is 0 Å². The van der Waals surface area contributed by atoms with Crippen LogP contribution in [0.15, 0.2) is 18.3 Å². The second-order valence-electron chi connectivity index (χ2n) is 4.78. The minimum Gasteiger partial charge on any atom is -0.482 e. The van der Waals surface area contributed by atoms with Gasteiger partial charge in [0.1, 0.15) is 6.10 Å². The topological polar surface area (TPSA) is 83.0 Å². The first-order valence-electron chi connectivity index (χ1n) is 7.04. The van der Waals surface area contributed by atoms with Crippen LogP contribution in [-0.2, 0) is 10.2 Å². The Labute approximate surface area is 125 Å². The smallest absolute Gasteiger partial charge is 0.305 e. The van der Waals surface area contributed by atoms with Gasteiger partial charge in [0, 0.05) is 19.3 Å². The molecule has 1 aromatic rings. The van der Waals surface area contributed by atoms with E-state index in [0.717, 1.165) is 6.42 Å². The first kappa shape index (κ1) is 16.0. The van der Waals surface area contributed by atoms with Crippen molar-refractivity contribution in [3.63, 3.8) is 0 Å². The predicted molar refractivity (Wildman–Crippen MR) is 79.5 cm³/mol. The molecule has 1 N–H and O–H groups in total. The molecule has 1 atom stereocenters. The molecule has 0 fully saturated rings. The van der Waals surface area contributed by atoms with Crippen molar-refractivity contribution in [1.82, 2.24) is 9.29 Å². The number of rotatable bonds is 6. The van der Waals surface area contributed by atoms with E-state index in [1.165, 1.54) is 14.8 Å². The molecule has 1 aliphatic rings. The average Bonchev–Trinajstić information content (AvgIpc) is 2.51. The zero-order valence-electron chi connectivity index (χ0n) is 12.3. The van der Waals surface area contributed by atoms with Gasteiger partial charge >= 0.3 is 10.2 Å². The van der Waals surface area contributed by atoms with Crippen molar-refractivity contribution < 1.29 is 18.3 Å². The van der Waals surface area contributed by atoms with Crippen LogP contribution in [0, 0.1) is 0 Å². The molecule has 2 rings (SSSR count). The van der Waals surface area contributed by atoms with Crippen molar-refractivity contribution in [3.8, 4) is 5.75 Å². The van der Waals surface area contributed by atoms with E-state index in [0.29, 0.717) is 18.8 Å². The largest absolute Gasteiger partial charge is 0.482 e. The summed E-state index contributed by atoms with van der Waals surface area (Å²) in [5, 5.41) is 9.32. The SMILES string of the molecule is CCCN(CC)S(=O)(=O)N1C[C@H](CO)Oc2cccnc21. The van der Waals surface area contributed by atoms with Crippen molar-refractivity contribution in [2.75, 3.05) is 30.5 Å². The Kier molecular flexibility index (Phi) is 5.02. The number of hydrogen-bond donors (Lipinski definition) is 1. The van der Waals surface area contributed by atoms with E-state index in [4.69, 9.17) is 4.74 Å². The molecule has 0 radical (unpaired) electrons. The summed E-state index contributed by atoms with van der Waals surface area (Å²) in [6, 6.07) is 3.33. The minimum atomic E-state index is -3.68. The van der Waals surface area contributed by atoms with Crippen LogP contribution >= 0.6 is 0 Å². The second-order valence-corrected chi connectivity index (χ2v) is 6.63. The molecular weight excluding hydrogens is 294 g/mol. The number of hydrogen-bond acceptors (Lipinski definition) is 5. The maximum atomic E-state index is 12.8. The van der Waals surface area contributed by atoms with Crippen LogP contribution in [0.5, 0.6) is 5.75 Å². The molecule has 118 valence electrons.